The van der Waals surface area contributed by atoms with Gasteiger partial charge in [0.05, 0.1) is 35.4 Å². The molecule has 10 nitrogen and oxygen atoms in total. The van der Waals surface area contributed by atoms with E-state index < -0.39 is 11.2 Å². The van der Waals surface area contributed by atoms with Crippen molar-refractivity contribution < 1.29 is 23.9 Å². The average molecular weight is 654 g/mol. The van der Waals surface area contributed by atoms with Crippen LogP contribution >= 0.6 is 34.4 Å². The molecule has 1 aromatic carbocycles. The molecular weight excluding hydrogens is 619 g/mol. The van der Waals surface area contributed by atoms with Crippen molar-refractivity contribution in [2.24, 2.45) is 0 Å². The summed E-state index contributed by atoms with van der Waals surface area (Å²) in [5.41, 5.74) is 2.26. The molecule has 3 aromatic heterocycles. The number of hydrogen-bond donors (Lipinski definition) is 2. The highest BCUT2D eigenvalue weighted by molar-refractivity contribution is 8.00. The van der Waals surface area contributed by atoms with Crippen molar-refractivity contribution in [3.63, 3.8) is 0 Å². The molecule has 0 unspecified atom stereocenters. The predicted octanol–water partition coefficient (Wildman–Crippen LogP) is 6.28. The van der Waals surface area contributed by atoms with Gasteiger partial charge in [-0.2, -0.15) is 0 Å². The fraction of sp³-hybridized carbons (Fsp3) is 0.387. The first kappa shape index (κ1) is 31.7. The van der Waals surface area contributed by atoms with Gasteiger partial charge >= 0.3 is 5.97 Å². The molecule has 0 bridgehead atoms. The number of fused-ring (bicyclic) bond motifs is 1. The monoisotopic (exact) mass is 653 g/mol. The second-order valence-corrected chi connectivity index (χ2v) is 13.4. The van der Waals surface area contributed by atoms with Gasteiger partial charge < -0.3 is 20.1 Å². The highest BCUT2D eigenvalue weighted by Gasteiger charge is 2.29. The van der Waals surface area contributed by atoms with Gasteiger partial charge in [-0.1, -0.05) is 24.2 Å². The zero-order valence-corrected chi connectivity index (χ0v) is 27.3. The van der Waals surface area contributed by atoms with Crippen LogP contribution in [0.2, 0.25) is 0 Å². The highest BCUT2D eigenvalue weighted by atomic mass is 32.2. The normalized spacial score (nSPS) is 13.4. The van der Waals surface area contributed by atoms with Crippen LogP contribution in [0.4, 0.5) is 5.00 Å². The number of thiophene rings is 2. The van der Waals surface area contributed by atoms with Crippen LogP contribution in [-0.2, 0) is 28.9 Å². The average Bonchev–Trinajstić information content (AvgIpc) is 3.73. The van der Waals surface area contributed by atoms with Crippen LogP contribution in [0.3, 0.4) is 0 Å². The Morgan fingerprint density at radius 1 is 1.05 bits per heavy atom. The van der Waals surface area contributed by atoms with Crippen LogP contribution in [0.1, 0.15) is 76.3 Å². The Morgan fingerprint density at radius 2 is 1.84 bits per heavy atom. The molecule has 232 valence electrons. The third kappa shape index (κ3) is 7.33. The molecule has 1 aliphatic carbocycles. The molecule has 3 heterocycles. The Morgan fingerprint density at radius 3 is 2.57 bits per heavy atom. The zero-order valence-electron chi connectivity index (χ0n) is 24.9. The van der Waals surface area contributed by atoms with Gasteiger partial charge in [-0.3, -0.25) is 14.2 Å². The Kier molecular flexibility index (Phi) is 10.7. The van der Waals surface area contributed by atoms with E-state index in [1.165, 1.54) is 34.4 Å². The molecule has 2 amide bonds. The Hall–Kier alpha value is -3.68. The van der Waals surface area contributed by atoms with Crippen LogP contribution in [0, 0.1) is 0 Å². The van der Waals surface area contributed by atoms with E-state index in [0.717, 1.165) is 54.0 Å². The van der Waals surface area contributed by atoms with E-state index in [9.17, 15) is 14.4 Å². The van der Waals surface area contributed by atoms with Crippen molar-refractivity contribution in [1.82, 2.24) is 20.1 Å². The topological polar surface area (TPSA) is 124 Å². The van der Waals surface area contributed by atoms with E-state index in [-0.39, 0.29) is 25.0 Å². The molecule has 44 heavy (non-hydrogen) atoms. The molecule has 1 atom stereocenters. The molecule has 4 aromatic rings. The number of nitrogens with one attached hydrogen (secondary N) is 2. The molecule has 0 radical (unpaired) electrons. The highest BCUT2D eigenvalue weighted by Crippen LogP contribution is 2.38. The fourth-order valence-electron chi connectivity index (χ4n) is 4.94. The van der Waals surface area contributed by atoms with Gasteiger partial charge in [0, 0.05) is 10.6 Å². The maximum atomic E-state index is 13.5. The molecule has 0 fully saturated rings. The first-order chi connectivity index (χ1) is 21.4. The van der Waals surface area contributed by atoms with Crippen LogP contribution < -0.4 is 15.4 Å². The molecule has 0 spiro atoms. The van der Waals surface area contributed by atoms with Crippen molar-refractivity contribution in [2.45, 2.75) is 69.8 Å². The number of thioether (sulfide) groups is 1. The van der Waals surface area contributed by atoms with Crippen molar-refractivity contribution >= 4 is 57.2 Å². The largest absolute Gasteiger partial charge is 0.494 e. The molecule has 0 saturated carbocycles. The maximum Gasteiger partial charge on any atom is 0.341 e. The van der Waals surface area contributed by atoms with Crippen LogP contribution in [0.25, 0.3) is 5.69 Å². The molecule has 2 N–H and O–H groups in total. The van der Waals surface area contributed by atoms with Gasteiger partial charge in [-0.15, -0.1) is 32.9 Å². The van der Waals surface area contributed by atoms with E-state index in [1.807, 2.05) is 47.2 Å². The summed E-state index contributed by atoms with van der Waals surface area (Å²) in [6, 6.07) is 11.1. The summed E-state index contributed by atoms with van der Waals surface area (Å²) in [6.45, 7) is 6.44. The van der Waals surface area contributed by atoms with Crippen molar-refractivity contribution in [3.05, 3.63) is 68.5 Å². The number of hydrogen-bond acceptors (Lipinski definition) is 10. The van der Waals surface area contributed by atoms with Crippen molar-refractivity contribution in [3.8, 4) is 11.4 Å². The molecular formula is C31H35N5O5S3. The summed E-state index contributed by atoms with van der Waals surface area (Å²) in [5.74, 6) is 0.388. The Balaban J connectivity index is 1.38. The number of anilines is 1. The standard InChI is InChI=1S/C31H35N5O5S3/c1-4-40-21-15-13-20(14-16-21)36-25(18-32-28(38)24-12-9-17-42-24)34-35-31(36)43-19(3)27(37)33-29-26(30(39)41-5-2)22-10-7-6-8-11-23(22)44-29/h9,12-17,19H,4-8,10-11,18H2,1-3H3,(H,32,38)(H,33,37)/t19-/m0/s1. The minimum absolute atomic E-state index is 0.141. The number of amides is 2. The predicted molar refractivity (Wildman–Crippen MR) is 174 cm³/mol. The molecule has 13 heteroatoms. The number of carbonyl (C=O) groups excluding carboxylic acids is 3. The third-order valence-electron chi connectivity index (χ3n) is 7.05. The van der Waals surface area contributed by atoms with E-state index >= 15 is 0 Å². The van der Waals surface area contributed by atoms with Crippen LogP contribution in [-0.4, -0.2) is 51.0 Å². The summed E-state index contributed by atoms with van der Waals surface area (Å²) < 4.78 is 12.8. The number of ether oxygens (including phenoxy) is 2. The first-order valence-corrected chi connectivity index (χ1v) is 17.3. The summed E-state index contributed by atoms with van der Waals surface area (Å²) in [6.07, 6.45) is 4.88. The lowest BCUT2D eigenvalue weighted by molar-refractivity contribution is -0.115. The summed E-state index contributed by atoms with van der Waals surface area (Å²) in [4.78, 5) is 40.9. The number of aryl methyl sites for hydroxylation is 1. The van der Waals surface area contributed by atoms with E-state index in [4.69, 9.17) is 9.47 Å². The lowest BCUT2D eigenvalue weighted by Gasteiger charge is -2.15. The van der Waals surface area contributed by atoms with Crippen molar-refractivity contribution in [1.29, 1.82) is 0 Å². The number of nitrogens with zero attached hydrogens (tertiary/aromatic N) is 3. The zero-order chi connectivity index (χ0) is 31.1. The van der Waals surface area contributed by atoms with Crippen LogP contribution in [0.5, 0.6) is 5.75 Å². The number of carbonyl (C=O) groups is 3. The summed E-state index contributed by atoms with van der Waals surface area (Å²) in [5, 5.41) is 17.0. The molecule has 0 aliphatic heterocycles. The SMILES string of the molecule is CCOC(=O)c1c(NC(=O)[C@H](C)Sc2nnc(CNC(=O)c3cccs3)n2-c2ccc(OCC)cc2)sc2c1CCCCC2. The van der Waals surface area contributed by atoms with Gasteiger partial charge in [0.2, 0.25) is 5.91 Å². The first-order valence-electron chi connectivity index (χ1n) is 14.7. The minimum atomic E-state index is -0.578. The smallest absolute Gasteiger partial charge is 0.341 e. The number of benzene rings is 1. The van der Waals surface area contributed by atoms with Gasteiger partial charge in [-0.05, 0) is 87.7 Å². The third-order valence-corrected chi connectivity index (χ3v) is 10.2. The second kappa shape index (κ2) is 14.9. The van der Waals surface area contributed by atoms with Crippen LogP contribution in [0.15, 0.2) is 46.9 Å². The lowest BCUT2D eigenvalue weighted by atomic mass is 10.1. The van der Waals surface area contributed by atoms with Gasteiger partial charge in [0.1, 0.15) is 10.8 Å². The number of esters is 1. The molecule has 0 saturated heterocycles. The van der Waals surface area contributed by atoms with E-state index in [1.54, 1.807) is 19.9 Å². The van der Waals surface area contributed by atoms with Gasteiger partial charge in [0.25, 0.3) is 5.91 Å². The fourth-order valence-corrected chi connectivity index (χ4v) is 7.74. The summed E-state index contributed by atoms with van der Waals surface area (Å²) >= 11 is 4.08. The number of aromatic nitrogens is 3. The van der Waals surface area contributed by atoms with E-state index in [2.05, 4.69) is 20.8 Å². The minimum Gasteiger partial charge on any atom is -0.494 e. The number of rotatable bonds is 12. The quantitative estimate of drug-likeness (QED) is 0.104. The summed E-state index contributed by atoms with van der Waals surface area (Å²) in [7, 11) is 0. The molecule has 1 aliphatic rings. The Bertz CT molecular complexity index is 1600. The second-order valence-electron chi connectivity index (χ2n) is 10.1. The lowest BCUT2D eigenvalue weighted by Crippen LogP contribution is -2.25. The van der Waals surface area contributed by atoms with Crippen molar-refractivity contribution in [2.75, 3.05) is 18.5 Å². The molecule has 5 rings (SSSR count). The maximum absolute atomic E-state index is 13.5. The van der Waals surface area contributed by atoms with Gasteiger partial charge in [0.15, 0.2) is 11.0 Å². The Labute approximate surface area is 268 Å². The van der Waals surface area contributed by atoms with Gasteiger partial charge in [-0.25, -0.2) is 4.79 Å². The van der Waals surface area contributed by atoms with E-state index in [0.29, 0.717) is 33.0 Å².